The third-order valence-electron chi connectivity index (χ3n) is 5.10. The first-order valence-electron chi connectivity index (χ1n) is 9.97. The Bertz CT molecular complexity index is 1480. The number of amides is 1. The quantitative estimate of drug-likeness (QED) is 0.432. The van der Waals surface area contributed by atoms with Gasteiger partial charge in [0.25, 0.3) is 5.56 Å². The number of carbonyl (C=O) groups excluding carboxylic acids is 1. The van der Waals surface area contributed by atoms with Crippen LogP contribution in [0.2, 0.25) is 0 Å². The maximum atomic E-state index is 14.4. The summed E-state index contributed by atoms with van der Waals surface area (Å²) in [6, 6.07) is 10.1. The van der Waals surface area contributed by atoms with E-state index in [2.05, 4.69) is 5.32 Å². The fourth-order valence-corrected chi connectivity index (χ4v) is 4.41. The average Bonchev–Trinajstić information content (AvgIpc) is 3.32. The zero-order valence-electron chi connectivity index (χ0n) is 18.5. The van der Waals surface area contributed by atoms with E-state index in [1.54, 1.807) is 23.6 Å². The van der Waals surface area contributed by atoms with Gasteiger partial charge in [-0.3, -0.25) is 14.2 Å². The fraction of sp³-hybridized carbons (Fsp3) is 0.174. The van der Waals surface area contributed by atoms with Gasteiger partial charge in [0.05, 0.1) is 32.5 Å². The second kappa shape index (κ2) is 9.40. The topological polar surface area (TPSA) is 101 Å². The Morgan fingerprint density at radius 2 is 1.71 bits per heavy atom. The number of hydrogen-bond donors (Lipinski definition) is 1. The number of methoxy groups -OCH3 is 3. The second-order valence-corrected chi connectivity index (χ2v) is 7.97. The van der Waals surface area contributed by atoms with Gasteiger partial charge in [-0.2, -0.15) is 0 Å². The van der Waals surface area contributed by atoms with Gasteiger partial charge in [-0.1, -0.05) is 12.1 Å². The lowest BCUT2D eigenvalue weighted by Gasteiger charge is -2.15. The molecule has 1 amide bonds. The highest BCUT2D eigenvalue weighted by molar-refractivity contribution is 7.17. The Balaban J connectivity index is 1.76. The van der Waals surface area contributed by atoms with Gasteiger partial charge in [0.2, 0.25) is 11.7 Å². The lowest BCUT2D eigenvalue weighted by molar-refractivity contribution is -0.116. The maximum Gasteiger partial charge on any atom is 0.336 e. The molecule has 2 aromatic heterocycles. The van der Waals surface area contributed by atoms with Crippen LogP contribution in [0, 0.1) is 5.82 Å². The minimum atomic E-state index is -0.832. The lowest BCUT2D eigenvalue weighted by atomic mass is 10.2. The molecule has 0 radical (unpaired) electrons. The number of fused-ring (bicyclic) bond motifs is 1. The van der Waals surface area contributed by atoms with Gasteiger partial charge >= 0.3 is 5.69 Å². The number of aromatic nitrogens is 2. The van der Waals surface area contributed by atoms with Gasteiger partial charge in [0, 0.05) is 17.8 Å². The molecule has 2 aromatic carbocycles. The third-order valence-corrected chi connectivity index (χ3v) is 5.99. The number of para-hydroxylation sites is 1. The van der Waals surface area contributed by atoms with Gasteiger partial charge < -0.3 is 19.5 Å². The van der Waals surface area contributed by atoms with Crippen LogP contribution < -0.4 is 30.8 Å². The summed E-state index contributed by atoms with van der Waals surface area (Å²) in [5.74, 6) is -0.255. The molecule has 0 aliphatic rings. The largest absolute Gasteiger partial charge is 0.493 e. The first-order chi connectivity index (χ1) is 16.4. The van der Waals surface area contributed by atoms with E-state index in [1.807, 2.05) is 0 Å². The molecule has 0 bridgehead atoms. The van der Waals surface area contributed by atoms with E-state index in [0.29, 0.717) is 22.9 Å². The molecule has 0 aliphatic heterocycles. The SMILES string of the molecule is COc1cc(NC(=O)Cn2c(=O)n(-c3ccccc3F)c(=O)c3sccc32)cc(OC)c1OC. The summed E-state index contributed by atoms with van der Waals surface area (Å²) in [5, 5.41) is 4.32. The molecule has 0 saturated carbocycles. The Kier molecular flexibility index (Phi) is 6.37. The van der Waals surface area contributed by atoms with Gasteiger partial charge in [0.15, 0.2) is 11.5 Å². The van der Waals surface area contributed by atoms with Crippen molar-refractivity contribution in [3.8, 4) is 22.9 Å². The number of benzene rings is 2. The Morgan fingerprint density at radius 3 is 2.32 bits per heavy atom. The van der Waals surface area contributed by atoms with E-state index in [1.165, 1.54) is 39.5 Å². The van der Waals surface area contributed by atoms with Crippen LogP contribution in [0.15, 0.2) is 57.4 Å². The molecule has 0 unspecified atom stereocenters. The number of halogens is 1. The fourth-order valence-electron chi connectivity index (χ4n) is 3.58. The summed E-state index contributed by atoms with van der Waals surface area (Å²) in [4.78, 5) is 39.1. The van der Waals surface area contributed by atoms with Crippen molar-refractivity contribution < 1.29 is 23.4 Å². The maximum absolute atomic E-state index is 14.4. The molecule has 2 heterocycles. The van der Waals surface area contributed by atoms with Crippen molar-refractivity contribution in [2.45, 2.75) is 6.54 Å². The van der Waals surface area contributed by atoms with Gasteiger partial charge in [-0.25, -0.2) is 13.8 Å². The van der Waals surface area contributed by atoms with Gasteiger partial charge in [0.1, 0.15) is 17.1 Å². The van der Waals surface area contributed by atoms with E-state index in [-0.39, 0.29) is 15.9 Å². The van der Waals surface area contributed by atoms with E-state index in [9.17, 15) is 18.8 Å². The number of nitrogens with zero attached hydrogens (tertiary/aromatic N) is 2. The summed E-state index contributed by atoms with van der Waals surface area (Å²) < 4.78 is 32.4. The number of anilines is 1. The van der Waals surface area contributed by atoms with Gasteiger partial charge in [-0.05, 0) is 23.6 Å². The highest BCUT2D eigenvalue weighted by atomic mass is 32.1. The number of thiophene rings is 1. The van der Waals surface area contributed by atoms with Crippen LogP contribution in [0.4, 0.5) is 10.1 Å². The van der Waals surface area contributed by atoms with Crippen molar-refractivity contribution in [3.63, 3.8) is 0 Å². The Hall–Kier alpha value is -4.12. The third kappa shape index (κ3) is 4.01. The van der Waals surface area contributed by atoms with Crippen LogP contribution in [0.25, 0.3) is 15.9 Å². The molecule has 4 rings (SSSR count). The molecule has 0 atom stereocenters. The average molecular weight is 485 g/mol. The molecule has 0 fully saturated rings. The number of hydrogen-bond acceptors (Lipinski definition) is 7. The molecular formula is C23H20FN3O6S. The van der Waals surface area contributed by atoms with Crippen LogP contribution in [0.3, 0.4) is 0 Å². The summed E-state index contributed by atoms with van der Waals surface area (Å²) in [6.45, 7) is -0.419. The number of nitrogens with one attached hydrogen (secondary N) is 1. The molecule has 0 spiro atoms. The predicted octanol–water partition coefficient (Wildman–Crippen LogP) is 3.02. The monoisotopic (exact) mass is 485 g/mol. The summed E-state index contributed by atoms with van der Waals surface area (Å²) in [6.07, 6.45) is 0. The molecule has 9 nitrogen and oxygen atoms in total. The zero-order chi connectivity index (χ0) is 24.4. The zero-order valence-corrected chi connectivity index (χ0v) is 19.3. The van der Waals surface area contributed by atoms with Crippen LogP contribution in [-0.4, -0.2) is 36.4 Å². The molecule has 34 heavy (non-hydrogen) atoms. The second-order valence-electron chi connectivity index (χ2n) is 7.06. The van der Waals surface area contributed by atoms with Crippen molar-refractivity contribution in [2.24, 2.45) is 0 Å². The van der Waals surface area contributed by atoms with E-state index >= 15 is 0 Å². The molecule has 4 aromatic rings. The number of rotatable bonds is 7. The first-order valence-corrected chi connectivity index (χ1v) is 10.8. The number of carbonyl (C=O) groups is 1. The minimum Gasteiger partial charge on any atom is -0.493 e. The van der Waals surface area contributed by atoms with Crippen LogP contribution in [0.1, 0.15) is 0 Å². The van der Waals surface area contributed by atoms with Crippen molar-refractivity contribution >= 4 is 33.1 Å². The highest BCUT2D eigenvalue weighted by Gasteiger charge is 2.20. The predicted molar refractivity (Wildman–Crippen MR) is 126 cm³/mol. The van der Waals surface area contributed by atoms with E-state index in [4.69, 9.17) is 14.2 Å². The smallest absolute Gasteiger partial charge is 0.336 e. The lowest BCUT2D eigenvalue weighted by Crippen LogP contribution is -2.40. The summed E-state index contributed by atoms with van der Waals surface area (Å²) in [5.41, 5.74) is -1.04. The van der Waals surface area contributed by atoms with Crippen molar-refractivity contribution in [1.82, 2.24) is 9.13 Å². The Labute approximate surface area is 196 Å². The molecule has 1 N–H and O–H groups in total. The normalized spacial score (nSPS) is 10.8. The first kappa shape index (κ1) is 23.1. The van der Waals surface area contributed by atoms with Crippen LogP contribution in [-0.2, 0) is 11.3 Å². The van der Waals surface area contributed by atoms with Gasteiger partial charge in [-0.15, -0.1) is 11.3 Å². The van der Waals surface area contributed by atoms with Crippen LogP contribution in [0.5, 0.6) is 17.2 Å². The van der Waals surface area contributed by atoms with Crippen molar-refractivity contribution in [2.75, 3.05) is 26.6 Å². The van der Waals surface area contributed by atoms with Crippen molar-refractivity contribution in [3.05, 3.63) is 74.5 Å². The summed E-state index contributed by atoms with van der Waals surface area (Å²) >= 11 is 1.10. The van der Waals surface area contributed by atoms with E-state index < -0.39 is 29.5 Å². The molecule has 176 valence electrons. The van der Waals surface area contributed by atoms with E-state index in [0.717, 1.165) is 26.5 Å². The standard InChI is InChI=1S/C23H20FN3O6S/c1-31-17-10-13(11-18(32-2)20(17)33-3)25-19(28)12-26-16-8-9-34-21(16)22(29)27(23(26)30)15-7-5-4-6-14(15)24/h4-11H,12H2,1-3H3,(H,25,28). The Morgan fingerprint density at radius 1 is 1.03 bits per heavy atom. The van der Waals surface area contributed by atoms with Crippen LogP contribution >= 0.6 is 11.3 Å². The number of ether oxygens (including phenoxy) is 3. The van der Waals surface area contributed by atoms with Crippen molar-refractivity contribution in [1.29, 1.82) is 0 Å². The summed E-state index contributed by atoms with van der Waals surface area (Å²) in [7, 11) is 4.35. The molecule has 0 saturated heterocycles. The molecular weight excluding hydrogens is 465 g/mol. The molecule has 0 aliphatic carbocycles. The highest BCUT2D eigenvalue weighted by Crippen LogP contribution is 2.39. The minimum absolute atomic E-state index is 0.188. The molecule has 11 heteroatoms.